The number of hydrogen-bond acceptors (Lipinski definition) is 2. The average Bonchev–Trinajstić information content (AvgIpc) is 2.46. The SMILES string of the molecule is C[C@H]1C[C@@H](C(=O)N2Cc3ccccc3C(C)(C)C2)CCN1. The average molecular weight is 286 g/mol. The second kappa shape index (κ2) is 5.45. The maximum absolute atomic E-state index is 12.9. The van der Waals surface area contributed by atoms with Gasteiger partial charge < -0.3 is 10.2 Å². The molecule has 2 heterocycles. The number of benzene rings is 1. The topological polar surface area (TPSA) is 32.3 Å². The largest absolute Gasteiger partial charge is 0.337 e. The summed E-state index contributed by atoms with van der Waals surface area (Å²) < 4.78 is 0. The van der Waals surface area contributed by atoms with Crippen LogP contribution in [0.2, 0.25) is 0 Å². The van der Waals surface area contributed by atoms with Gasteiger partial charge in [0.1, 0.15) is 0 Å². The normalized spacial score (nSPS) is 28.0. The Morgan fingerprint density at radius 3 is 2.86 bits per heavy atom. The third-order valence-corrected chi connectivity index (χ3v) is 4.98. The van der Waals surface area contributed by atoms with Gasteiger partial charge in [-0.05, 0) is 37.4 Å². The van der Waals surface area contributed by atoms with Gasteiger partial charge in [0.25, 0.3) is 0 Å². The van der Waals surface area contributed by atoms with Crippen LogP contribution >= 0.6 is 0 Å². The first-order valence-electron chi connectivity index (χ1n) is 8.08. The van der Waals surface area contributed by atoms with Gasteiger partial charge in [0, 0.05) is 30.5 Å². The van der Waals surface area contributed by atoms with E-state index in [1.54, 1.807) is 0 Å². The maximum atomic E-state index is 12.9. The monoisotopic (exact) mass is 286 g/mol. The van der Waals surface area contributed by atoms with E-state index in [9.17, 15) is 4.79 Å². The molecule has 1 amide bonds. The maximum Gasteiger partial charge on any atom is 0.226 e. The first-order valence-corrected chi connectivity index (χ1v) is 8.08. The minimum atomic E-state index is 0.0447. The molecule has 114 valence electrons. The lowest BCUT2D eigenvalue weighted by Crippen LogP contribution is -2.49. The van der Waals surface area contributed by atoms with Gasteiger partial charge in [0.2, 0.25) is 5.91 Å². The van der Waals surface area contributed by atoms with Crippen molar-refractivity contribution in [2.45, 2.75) is 51.6 Å². The van der Waals surface area contributed by atoms with Crippen molar-refractivity contribution in [3.8, 4) is 0 Å². The second-order valence-corrected chi connectivity index (χ2v) is 7.31. The zero-order valence-electron chi connectivity index (χ0n) is 13.4. The van der Waals surface area contributed by atoms with E-state index in [2.05, 4.69) is 55.3 Å². The number of rotatable bonds is 1. The molecular weight excluding hydrogens is 260 g/mol. The number of carbonyl (C=O) groups excluding carboxylic acids is 1. The zero-order chi connectivity index (χ0) is 15.0. The van der Waals surface area contributed by atoms with Crippen LogP contribution in [0.5, 0.6) is 0 Å². The van der Waals surface area contributed by atoms with Gasteiger partial charge in [-0.3, -0.25) is 4.79 Å². The molecule has 1 N–H and O–H groups in total. The zero-order valence-corrected chi connectivity index (χ0v) is 13.4. The summed E-state index contributed by atoms with van der Waals surface area (Å²) in [4.78, 5) is 15.0. The van der Waals surface area contributed by atoms with E-state index in [1.807, 2.05) is 0 Å². The predicted molar refractivity (Wildman–Crippen MR) is 85.1 cm³/mol. The standard InChI is InChI=1S/C18H26N2O/c1-13-10-14(8-9-19-13)17(21)20-11-15-6-4-5-7-16(15)18(2,3)12-20/h4-7,13-14,19H,8-12H2,1-3H3/t13-,14-/m0/s1. The van der Waals surface area contributed by atoms with Gasteiger partial charge in [-0.1, -0.05) is 38.1 Å². The smallest absolute Gasteiger partial charge is 0.226 e. The summed E-state index contributed by atoms with van der Waals surface area (Å²) in [5.41, 5.74) is 2.75. The van der Waals surface area contributed by atoms with Gasteiger partial charge in [0.15, 0.2) is 0 Å². The molecule has 0 radical (unpaired) electrons. The fourth-order valence-electron chi connectivity index (χ4n) is 3.91. The minimum Gasteiger partial charge on any atom is -0.337 e. The van der Waals surface area contributed by atoms with Crippen molar-refractivity contribution in [3.63, 3.8) is 0 Å². The van der Waals surface area contributed by atoms with Crippen LogP contribution in [0, 0.1) is 5.92 Å². The Morgan fingerprint density at radius 2 is 2.10 bits per heavy atom. The fourth-order valence-corrected chi connectivity index (χ4v) is 3.91. The molecule has 2 atom stereocenters. The number of piperidine rings is 1. The highest BCUT2D eigenvalue weighted by molar-refractivity contribution is 5.79. The molecule has 2 aliphatic heterocycles. The van der Waals surface area contributed by atoms with Crippen LogP contribution < -0.4 is 5.32 Å². The quantitative estimate of drug-likeness (QED) is 0.861. The lowest BCUT2D eigenvalue weighted by molar-refractivity contribution is -0.138. The number of hydrogen-bond donors (Lipinski definition) is 1. The second-order valence-electron chi connectivity index (χ2n) is 7.31. The van der Waals surface area contributed by atoms with Crippen LogP contribution in [0.1, 0.15) is 44.7 Å². The Morgan fingerprint density at radius 1 is 1.33 bits per heavy atom. The molecule has 3 nitrogen and oxygen atoms in total. The molecule has 1 fully saturated rings. The van der Waals surface area contributed by atoms with Crippen LogP contribution in [0.25, 0.3) is 0 Å². The number of amides is 1. The molecule has 1 aromatic carbocycles. The van der Waals surface area contributed by atoms with Crippen molar-refractivity contribution in [2.24, 2.45) is 5.92 Å². The van der Waals surface area contributed by atoms with Gasteiger partial charge in [-0.15, -0.1) is 0 Å². The summed E-state index contributed by atoms with van der Waals surface area (Å²) in [6.07, 6.45) is 1.94. The fraction of sp³-hybridized carbons (Fsp3) is 0.611. The first kappa shape index (κ1) is 14.6. The minimum absolute atomic E-state index is 0.0447. The Balaban J connectivity index is 1.80. The summed E-state index contributed by atoms with van der Waals surface area (Å²) >= 11 is 0. The molecule has 1 aromatic rings. The van der Waals surface area contributed by atoms with Gasteiger partial charge in [0.05, 0.1) is 0 Å². The number of nitrogens with one attached hydrogen (secondary N) is 1. The number of fused-ring (bicyclic) bond motifs is 1. The van der Waals surface area contributed by atoms with Crippen molar-refractivity contribution < 1.29 is 4.79 Å². The third kappa shape index (κ3) is 2.84. The van der Waals surface area contributed by atoms with Gasteiger partial charge in [-0.2, -0.15) is 0 Å². The molecule has 1 saturated heterocycles. The van der Waals surface area contributed by atoms with Gasteiger partial charge >= 0.3 is 0 Å². The lowest BCUT2D eigenvalue weighted by atomic mass is 9.78. The molecule has 0 aliphatic carbocycles. The molecule has 0 saturated carbocycles. The Labute approximate surface area is 127 Å². The first-order chi connectivity index (χ1) is 9.97. The summed E-state index contributed by atoms with van der Waals surface area (Å²) in [5.74, 6) is 0.549. The molecule has 3 rings (SSSR count). The Hall–Kier alpha value is -1.35. The summed E-state index contributed by atoms with van der Waals surface area (Å²) in [6, 6.07) is 9.02. The van der Waals surface area contributed by atoms with Crippen LogP contribution in [-0.2, 0) is 16.8 Å². The van der Waals surface area contributed by atoms with E-state index in [0.717, 1.165) is 32.5 Å². The molecule has 0 bridgehead atoms. The molecule has 0 spiro atoms. The lowest BCUT2D eigenvalue weighted by Gasteiger charge is -2.42. The van der Waals surface area contributed by atoms with Crippen molar-refractivity contribution >= 4 is 5.91 Å². The van der Waals surface area contributed by atoms with Crippen molar-refractivity contribution in [3.05, 3.63) is 35.4 Å². The van der Waals surface area contributed by atoms with E-state index >= 15 is 0 Å². The molecule has 0 unspecified atom stereocenters. The van der Waals surface area contributed by atoms with Crippen LogP contribution in [0.15, 0.2) is 24.3 Å². The van der Waals surface area contributed by atoms with E-state index in [0.29, 0.717) is 11.9 Å². The van der Waals surface area contributed by atoms with Crippen LogP contribution in [-0.4, -0.2) is 29.9 Å². The van der Waals surface area contributed by atoms with Crippen LogP contribution in [0.4, 0.5) is 0 Å². The van der Waals surface area contributed by atoms with Crippen molar-refractivity contribution in [1.82, 2.24) is 10.2 Å². The molecule has 0 aromatic heterocycles. The van der Waals surface area contributed by atoms with E-state index in [-0.39, 0.29) is 11.3 Å². The third-order valence-electron chi connectivity index (χ3n) is 4.98. The van der Waals surface area contributed by atoms with Gasteiger partial charge in [-0.25, -0.2) is 0 Å². The summed E-state index contributed by atoms with van der Waals surface area (Å²) in [5, 5.41) is 3.43. The highest BCUT2D eigenvalue weighted by Gasteiger charge is 2.36. The highest BCUT2D eigenvalue weighted by Crippen LogP contribution is 2.34. The Bertz CT molecular complexity index is 538. The van der Waals surface area contributed by atoms with E-state index < -0.39 is 0 Å². The molecule has 21 heavy (non-hydrogen) atoms. The number of carbonyl (C=O) groups is 1. The number of nitrogens with zero attached hydrogens (tertiary/aromatic N) is 1. The molecular formula is C18H26N2O. The summed E-state index contributed by atoms with van der Waals surface area (Å²) in [7, 11) is 0. The van der Waals surface area contributed by atoms with E-state index in [4.69, 9.17) is 0 Å². The molecule has 3 heteroatoms. The Kier molecular flexibility index (Phi) is 3.78. The van der Waals surface area contributed by atoms with Crippen molar-refractivity contribution in [2.75, 3.05) is 13.1 Å². The highest BCUT2D eigenvalue weighted by atomic mass is 16.2. The van der Waals surface area contributed by atoms with E-state index in [1.165, 1.54) is 11.1 Å². The predicted octanol–water partition coefficient (Wildman–Crippen LogP) is 2.69. The summed E-state index contributed by atoms with van der Waals surface area (Å²) in [6.45, 7) is 9.24. The van der Waals surface area contributed by atoms with Crippen LogP contribution in [0.3, 0.4) is 0 Å². The van der Waals surface area contributed by atoms with Crippen molar-refractivity contribution in [1.29, 1.82) is 0 Å². The molecule has 2 aliphatic rings.